The first kappa shape index (κ1) is 15.3. The largest absolute Gasteiger partial charge is 0.394 e. The second-order valence-electron chi connectivity index (χ2n) is 5.39. The highest BCUT2D eigenvalue weighted by Crippen LogP contribution is 2.18. The molecule has 2 aromatic rings. The number of hydrogen-bond acceptors (Lipinski definition) is 2. The minimum absolute atomic E-state index is 0.125. The van der Waals surface area contributed by atoms with Crippen molar-refractivity contribution < 1.29 is 9.90 Å². The van der Waals surface area contributed by atoms with E-state index in [1.54, 1.807) is 0 Å². The fraction of sp³-hybridized carbons (Fsp3) is 0.278. The van der Waals surface area contributed by atoms with Gasteiger partial charge in [-0.15, -0.1) is 0 Å². The molecular weight excluding hydrogens is 262 g/mol. The molecule has 0 aliphatic heterocycles. The fourth-order valence-corrected chi connectivity index (χ4v) is 2.69. The Morgan fingerprint density at radius 1 is 1.10 bits per heavy atom. The molecule has 0 saturated carbocycles. The molecule has 0 unspecified atom stereocenters. The molecule has 0 heterocycles. The molecule has 1 atom stereocenters. The van der Waals surface area contributed by atoms with Crippen molar-refractivity contribution in [3.63, 3.8) is 0 Å². The highest BCUT2D eigenvalue weighted by molar-refractivity contribution is 5.97. The lowest BCUT2D eigenvalue weighted by molar-refractivity contribution is 0.0915. The van der Waals surface area contributed by atoms with Crippen LogP contribution in [0.3, 0.4) is 0 Å². The van der Waals surface area contributed by atoms with Crippen molar-refractivity contribution in [3.05, 3.63) is 70.3 Å². The molecule has 0 bridgehead atoms. The first-order chi connectivity index (χ1) is 10.0. The molecular formula is C18H21NO2. The molecule has 2 N–H and O–H groups in total. The van der Waals surface area contributed by atoms with Crippen LogP contribution in [0.2, 0.25) is 0 Å². The van der Waals surface area contributed by atoms with Crippen LogP contribution in [0.25, 0.3) is 0 Å². The number of carbonyl (C=O) groups is 1. The van der Waals surface area contributed by atoms with E-state index in [0.717, 1.165) is 22.3 Å². The maximum atomic E-state index is 12.5. The van der Waals surface area contributed by atoms with Crippen LogP contribution >= 0.6 is 0 Å². The second-order valence-corrected chi connectivity index (χ2v) is 5.39. The standard InChI is InChI=1S/C18H21NO2/c1-12-9-13(2)17(14(3)10-12)18(21)19-16(11-20)15-7-5-4-6-8-15/h4-10,16,20H,11H2,1-3H3,(H,19,21)/t16-/m1/s1. The third kappa shape index (κ3) is 3.50. The van der Waals surface area contributed by atoms with Gasteiger partial charge in [0.25, 0.3) is 5.91 Å². The zero-order valence-corrected chi connectivity index (χ0v) is 12.7. The number of amides is 1. The van der Waals surface area contributed by atoms with Gasteiger partial charge in [-0.05, 0) is 37.5 Å². The molecule has 0 fully saturated rings. The van der Waals surface area contributed by atoms with Gasteiger partial charge in [-0.1, -0.05) is 48.0 Å². The van der Waals surface area contributed by atoms with Crippen molar-refractivity contribution in [2.75, 3.05) is 6.61 Å². The van der Waals surface area contributed by atoms with E-state index in [1.165, 1.54) is 0 Å². The lowest BCUT2D eigenvalue weighted by atomic mass is 9.98. The quantitative estimate of drug-likeness (QED) is 0.906. The first-order valence-corrected chi connectivity index (χ1v) is 7.07. The lowest BCUT2D eigenvalue weighted by Crippen LogP contribution is -2.31. The highest BCUT2D eigenvalue weighted by atomic mass is 16.3. The summed E-state index contributed by atoms with van der Waals surface area (Å²) in [4.78, 5) is 12.5. The summed E-state index contributed by atoms with van der Waals surface area (Å²) < 4.78 is 0. The summed E-state index contributed by atoms with van der Waals surface area (Å²) in [7, 11) is 0. The van der Waals surface area contributed by atoms with Crippen LogP contribution in [0.1, 0.15) is 38.7 Å². The van der Waals surface area contributed by atoms with E-state index in [-0.39, 0.29) is 18.6 Å². The number of aliphatic hydroxyl groups is 1. The third-order valence-corrected chi connectivity index (χ3v) is 3.59. The summed E-state index contributed by atoms with van der Waals surface area (Å²) >= 11 is 0. The normalized spacial score (nSPS) is 12.0. The van der Waals surface area contributed by atoms with Gasteiger partial charge in [0.2, 0.25) is 0 Å². The van der Waals surface area contributed by atoms with E-state index < -0.39 is 0 Å². The van der Waals surface area contributed by atoms with E-state index in [0.29, 0.717) is 5.56 Å². The summed E-state index contributed by atoms with van der Waals surface area (Å²) in [5.41, 5.74) is 4.64. The van der Waals surface area contributed by atoms with E-state index in [2.05, 4.69) is 5.32 Å². The summed E-state index contributed by atoms with van der Waals surface area (Å²) in [6.07, 6.45) is 0. The summed E-state index contributed by atoms with van der Waals surface area (Å²) in [6.45, 7) is 5.76. The molecule has 2 rings (SSSR count). The van der Waals surface area contributed by atoms with Crippen LogP contribution in [0, 0.1) is 20.8 Å². The molecule has 1 amide bonds. The number of rotatable bonds is 4. The van der Waals surface area contributed by atoms with Crippen LogP contribution in [0.4, 0.5) is 0 Å². The fourth-order valence-electron chi connectivity index (χ4n) is 2.69. The highest BCUT2D eigenvalue weighted by Gasteiger charge is 2.18. The van der Waals surface area contributed by atoms with E-state index in [1.807, 2.05) is 63.2 Å². The molecule has 3 heteroatoms. The van der Waals surface area contributed by atoms with Gasteiger partial charge >= 0.3 is 0 Å². The maximum Gasteiger partial charge on any atom is 0.252 e. The van der Waals surface area contributed by atoms with Crippen LogP contribution < -0.4 is 5.32 Å². The Hall–Kier alpha value is -2.13. The van der Waals surface area contributed by atoms with Crippen LogP contribution in [0.15, 0.2) is 42.5 Å². The Labute approximate surface area is 125 Å². The van der Waals surface area contributed by atoms with Crippen molar-refractivity contribution in [1.29, 1.82) is 0 Å². The maximum absolute atomic E-state index is 12.5. The van der Waals surface area contributed by atoms with Gasteiger partial charge in [-0.2, -0.15) is 0 Å². The molecule has 0 aliphatic rings. The topological polar surface area (TPSA) is 49.3 Å². The number of nitrogens with one attached hydrogen (secondary N) is 1. The average molecular weight is 283 g/mol. The minimum atomic E-state index is -0.390. The van der Waals surface area contributed by atoms with Gasteiger partial charge in [-0.25, -0.2) is 0 Å². The summed E-state index contributed by atoms with van der Waals surface area (Å²) in [6, 6.07) is 13.1. The lowest BCUT2D eigenvalue weighted by Gasteiger charge is -2.19. The first-order valence-electron chi connectivity index (χ1n) is 7.07. The van der Waals surface area contributed by atoms with E-state index in [9.17, 15) is 9.90 Å². The Morgan fingerprint density at radius 2 is 1.67 bits per heavy atom. The summed E-state index contributed by atoms with van der Waals surface area (Å²) in [5, 5.41) is 12.5. The average Bonchev–Trinajstić information content (AvgIpc) is 2.44. The van der Waals surface area contributed by atoms with E-state index in [4.69, 9.17) is 0 Å². The van der Waals surface area contributed by atoms with Crippen molar-refractivity contribution in [3.8, 4) is 0 Å². The Morgan fingerprint density at radius 3 is 2.19 bits per heavy atom. The van der Waals surface area contributed by atoms with Gasteiger partial charge in [0.05, 0.1) is 12.6 Å². The number of hydrogen-bond donors (Lipinski definition) is 2. The number of benzene rings is 2. The molecule has 0 aromatic heterocycles. The Bertz CT molecular complexity index is 612. The Kier molecular flexibility index (Phi) is 4.76. The second kappa shape index (κ2) is 6.55. The molecule has 21 heavy (non-hydrogen) atoms. The third-order valence-electron chi connectivity index (χ3n) is 3.59. The van der Waals surface area contributed by atoms with Crippen molar-refractivity contribution in [1.82, 2.24) is 5.32 Å². The Balaban J connectivity index is 2.25. The monoisotopic (exact) mass is 283 g/mol. The molecule has 110 valence electrons. The molecule has 3 nitrogen and oxygen atoms in total. The number of carbonyl (C=O) groups excluding carboxylic acids is 1. The van der Waals surface area contributed by atoms with Gasteiger partial charge in [-0.3, -0.25) is 4.79 Å². The van der Waals surface area contributed by atoms with E-state index >= 15 is 0 Å². The van der Waals surface area contributed by atoms with Gasteiger partial charge in [0.1, 0.15) is 0 Å². The SMILES string of the molecule is Cc1cc(C)c(C(=O)N[C@H](CO)c2ccccc2)c(C)c1. The molecule has 0 saturated heterocycles. The summed E-state index contributed by atoms with van der Waals surface area (Å²) in [5.74, 6) is -0.145. The van der Waals surface area contributed by atoms with Gasteiger partial charge in [0, 0.05) is 5.56 Å². The molecule has 0 spiro atoms. The predicted molar refractivity (Wildman–Crippen MR) is 84.4 cm³/mol. The van der Waals surface area contributed by atoms with Crippen molar-refractivity contribution >= 4 is 5.91 Å². The van der Waals surface area contributed by atoms with Gasteiger partial charge < -0.3 is 10.4 Å². The zero-order valence-electron chi connectivity index (χ0n) is 12.7. The van der Waals surface area contributed by atoms with Crippen molar-refractivity contribution in [2.24, 2.45) is 0 Å². The van der Waals surface area contributed by atoms with Crippen molar-refractivity contribution in [2.45, 2.75) is 26.8 Å². The van der Waals surface area contributed by atoms with Crippen LogP contribution in [-0.4, -0.2) is 17.6 Å². The van der Waals surface area contributed by atoms with Crippen LogP contribution in [-0.2, 0) is 0 Å². The van der Waals surface area contributed by atoms with Crippen LogP contribution in [0.5, 0.6) is 0 Å². The minimum Gasteiger partial charge on any atom is -0.394 e. The number of aliphatic hydroxyl groups excluding tert-OH is 1. The number of aryl methyl sites for hydroxylation is 3. The molecule has 0 radical (unpaired) electrons. The zero-order chi connectivity index (χ0) is 15.4. The molecule has 2 aromatic carbocycles. The predicted octanol–water partition coefficient (Wildman–Crippen LogP) is 3.08. The molecule has 0 aliphatic carbocycles. The smallest absolute Gasteiger partial charge is 0.252 e. The van der Waals surface area contributed by atoms with Gasteiger partial charge in [0.15, 0.2) is 0 Å².